The van der Waals surface area contributed by atoms with Crippen molar-refractivity contribution in [2.24, 2.45) is 0 Å². The van der Waals surface area contributed by atoms with Crippen molar-refractivity contribution >= 4 is 10.0 Å². The van der Waals surface area contributed by atoms with Crippen molar-refractivity contribution in [3.05, 3.63) is 65.5 Å². The first-order valence-electron chi connectivity index (χ1n) is 7.42. The molecule has 2 aromatic carbocycles. The molecule has 3 nitrogen and oxygen atoms in total. The summed E-state index contributed by atoms with van der Waals surface area (Å²) < 4.78 is 39.2. The van der Waals surface area contributed by atoms with Crippen LogP contribution < -0.4 is 0 Å². The summed E-state index contributed by atoms with van der Waals surface area (Å²) in [6.45, 7) is 6.66. The van der Waals surface area contributed by atoms with Gasteiger partial charge in [0.05, 0.1) is 4.90 Å². The van der Waals surface area contributed by atoms with Gasteiger partial charge in [0, 0.05) is 13.6 Å². The molecule has 0 aliphatic carbocycles. The van der Waals surface area contributed by atoms with Crippen LogP contribution in [0.3, 0.4) is 0 Å². The van der Waals surface area contributed by atoms with E-state index in [1.165, 1.54) is 29.0 Å². The minimum Gasteiger partial charge on any atom is -0.207 e. The third-order valence-electron chi connectivity index (χ3n) is 3.75. The largest absolute Gasteiger partial charge is 0.243 e. The summed E-state index contributed by atoms with van der Waals surface area (Å²) in [5.41, 5.74) is 2.17. The first kappa shape index (κ1) is 17.6. The van der Waals surface area contributed by atoms with Crippen LogP contribution in [0.25, 0.3) is 0 Å². The van der Waals surface area contributed by atoms with Gasteiger partial charge < -0.3 is 0 Å². The number of benzene rings is 2. The lowest BCUT2D eigenvalue weighted by molar-refractivity contribution is 0.466. The second-order valence-electron chi connectivity index (χ2n) is 6.66. The van der Waals surface area contributed by atoms with Gasteiger partial charge in [0.25, 0.3) is 0 Å². The van der Waals surface area contributed by atoms with Gasteiger partial charge in [-0.05, 0) is 40.8 Å². The molecular formula is C18H22FNO2S. The quantitative estimate of drug-likeness (QED) is 0.848. The Labute approximate surface area is 137 Å². The molecule has 0 spiro atoms. The van der Waals surface area contributed by atoms with Crippen LogP contribution in [0, 0.1) is 5.82 Å². The molecular weight excluding hydrogens is 313 g/mol. The molecule has 0 saturated carbocycles. The van der Waals surface area contributed by atoms with E-state index in [4.69, 9.17) is 0 Å². The molecule has 0 amide bonds. The fourth-order valence-electron chi connectivity index (χ4n) is 2.24. The maximum atomic E-state index is 12.9. The summed E-state index contributed by atoms with van der Waals surface area (Å²) in [4.78, 5) is 0.0905. The number of rotatable bonds is 4. The fourth-order valence-corrected chi connectivity index (χ4v) is 3.40. The first-order chi connectivity index (χ1) is 10.6. The van der Waals surface area contributed by atoms with E-state index in [0.29, 0.717) is 0 Å². The molecule has 0 atom stereocenters. The molecule has 124 valence electrons. The van der Waals surface area contributed by atoms with Crippen LogP contribution in [0.15, 0.2) is 53.4 Å². The molecule has 2 aromatic rings. The lowest BCUT2D eigenvalue weighted by Crippen LogP contribution is -2.26. The van der Waals surface area contributed by atoms with E-state index in [2.05, 4.69) is 20.8 Å². The highest BCUT2D eigenvalue weighted by Crippen LogP contribution is 2.23. The molecule has 0 heterocycles. The average Bonchev–Trinajstić information content (AvgIpc) is 2.47. The lowest BCUT2D eigenvalue weighted by atomic mass is 9.87. The van der Waals surface area contributed by atoms with Crippen molar-refractivity contribution in [1.82, 2.24) is 4.31 Å². The van der Waals surface area contributed by atoms with Gasteiger partial charge in [0.1, 0.15) is 5.82 Å². The molecule has 0 bridgehead atoms. The van der Waals surface area contributed by atoms with Crippen molar-refractivity contribution in [2.45, 2.75) is 37.6 Å². The zero-order valence-electron chi connectivity index (χ0n) is 13.9. The van der Waals surface area contributed by atoms with Crippen LogP contribution >= 0.6 is 0 Å². The van der Waals surface area contributed by atoms with Crippen molar-refractivity contribution in [3.63, 3.8) is 0 Å². The van der Waals surface area contributed by atoms with Gasteiger partial charge in [-0.15, -0.1) is 0 Å². The van der Waals surface area contributed by atoms with E-state index >= 15 is 0 Å². The number of nitrogens with zero attached hydrogens (tertiary/aromatic N) is 1. The second-order valence-corrected chi connectivity index (χ2v) is 8.71. The maximum Gasteiger partial charge on any atom is 0.243 e. The average molecular weight is 335 g/mol. The van der Waals surface area contributed by atoms with Gasteiger partial charge in [0.2, 0.25) is 10.0 Å². The van der Waals surface area contributed by atoms with Gasteiger partial charge in [-0.3, -0.25) is 0 Å². The maximum absolute atomic E-state index is 12.9. The number of hydrogen-bond acceptors (Lipinski definition) is 2. The smallest absolute Gasteiger partial charge is 0.207 e. The Morgan fingerprint density at radius 2 is 1.48 bits per heavy atom. The Hall–Kier alpha value is -1.72. The van der Waals surface area contributed by atoms with E-state index < -0.39 is 15.8 Å². The fraction of sp³-hybridized carbons (Fsp3) is 0.333. The van der Waals surface area contributed by atoms with Crippen LogP contribution in [0.5, 0.6) is 0 Å². The van der Waals surface area contributed by atoms with E-state index in [9.17, 15) is 12.8 Å². The van der Waals surface area contributed by atoms with Crippen LogP contribution in [0.1, 0.15) is 31.9 Å². The van der Waals surface area contributed by atoms with Crippen LogP contribution in [-0.4, -0.2) is 19.8 Å². The third-order valence-corrected chi connectivity index (χ3v) is 5.56. The summed E-state index contributed by atoms with van der Waals surface area (Å²) >= 11 is 0. The molecule has 0 unspecified atom stereocenters. The normalized spacial score (nSPS) is 12.6. The predicted molar refractivity (Wildman–Crippen MR) is 90.2 cm³/mol. The van der Waals surface area contributed by atoms with E-state index in [1.807, 2.05) is 24.3 Å². The van der Waals surface area contributed by atoms with Crippen molar-refractivity contribution in [1.29, 1.82) is 0 Å². The molecule has 0 radical (unpaired) electrons. The monoisotopic (exact) mass is 335 g/mol. The number of halogens is 1. The second kappa shape index (κ2) is 6.42. The summed E-state index contributed by atoms with van der Waals surface area (Å²) in [6, 6.07) is 12.8. The van der Waals surface area contributed by atoms with E-state index in [-0.39, 0.29) is 16.9 Å². The number of sulfonamides is 1. The molecule has 0 aliphatic rings. The Morgan fingerprint density at radius 1 is 0.957 bits per heavy atom. The molecule has 0 aliphatic heterocycles. The Bertz CT molecular complexity index is 760. The third kappa shape index (κ3) is 4.18. The van der Waals surface area contributed by atoms with E-state index in [0.717, 1.165) is 17.7 Å². The summed E-state index contributed by atoms with van der Waals surface area (Å²) in [6.07, 6.45) is 0. The zero-order valence-corrected chi connectivity index (χ0v) is 14.7. The summed E-state index contributed by atoms with van der Waals surface area (Å²) in [5.74, 6) is -0.454. The SMILES string of the molecule is CN(Cc1ccc(C(C)(C)C)cc1)S(=O)(=O)c1ccc(F)cc1. The molecule has 0 fully saturated rings. The van der Waals surface area contributed by atoms with Gasteiger partial charge in [-0.25, -0.2) is 12.8 Å². The zero-order chi connectivity index (χ0) is 17.3. The highest BCUT2D eigenvalue weighted by molar-refractivity contribution is 7.89. The summed E-state index contributed by atoms with van der Waals surface area (Å²) in [7, 11) is -2.10. The topological polar surface area (TPSA) is 37.4 Å². The molecule has 2 rings (SSSR count). The lowest BCUT2D eigenvalue weighted by Gasteiger charge is -2.21. The predicted octanol–water partition coefficient (Wildman–Crippen LogP) is 3.94. The molecule has 0 N–H and O–H groups in total. The van der Waals surface area contributed by atoms with Crippen molar-refractivity contribution in [3.8, 4) is 0 Å². The minimum absolute atomic E-state index is 0.0601. The van der Waals surface area contributed by atoms with Gasteiger partial charge in [-0.1, -0.05) is 45.0 Å². The van der Waals surface area contributed by atoms with Crippen molar-refractivity contribution in [2.75, 3.05) is 7.05 Å². The highest BCUT2D eigenvalue weighted by Gasteiger charge is 2.21. The van der Waals surface area contributed by atoms with E-state index in [1.54, 1.807) is 0 Å². The first-order valence-corrected chi connectivity index (χ1v) is 8.86. The Kier molecular flexibility index (Phi) is 4.92. The summed E-state index contributed by atoms with van der Waals surface area (Å²) in [5, 5.41) is 0. The van der Waals surface area contributed by atoms with Crippen molar-refractivity contribution < 1.29 is 12.8 Å². The molecule has 0 aromatic heterocycles. The molecule has 5 heteroatoms. The standard InChI is InChI=1S/C18H22FNO2S/c1-18(2,3)15-7-5-14(6-8-15)13-20(4)23(21,22)17-11-9-16(19)10-12-17/h5-12H,13H2,1-4H3. The minimum atomic E-state index is -3.63. The van der Waals surface area contributed by atoms with Gasteiger partial charge >= 0.3 is 0 Å². The molecule has 0 saturated heterocycles. The van der Waals surface area contributed by atoms with Gasteiger partial charge in [-0.2, -0.15) is 4.31 Å². The van der Waals surface area contributed by atoms with Crippen LogP contribution in [-0.2, 0) is 22.0 Å². The Balaban J connectivity index is 2.18. The van der Waals surface area contributed by atoms with Crippen LogP contribution in [0.2, 0.25) is 0 Å². The van der Waals surface area contributed by atoms with Gasteiger partial charge in [0.15, 0.2) is 0 Å². The van der Waals surface area contributed by atoms with Crippen LogP contribution in [0.4, 0.5) is 4.39 Å². The Morgan fingerprint density at radius 3 is 1.96 bits per heavy atom. The number of hydrogen-bond donors (Lipinski definition) is 0. The highest BCUT2D eigenvalue weighted by atomic mass is 32.2. The molecule has 23 heavy (non-hydrogen) atoms.